The van der Waals surface area contributed by atoms with E-state index in [2.05, 4.69) is 59.2 Å². The van der Waals surface area contributed by atoms with Gasteiger partial charge < -0.3 is 15.0 Å². The second-order valence-corrected chi connectivity index (χ2v) is 6.27. The Morgan fingerprint density at radius 2 is 2.20 bits per heavy atom. The van der Waals surface area contributed by atoms with Crippen molar-refractivity contribution < 1.29 is 4.74 Å². The van der Waals surface area contributed by atoms with Crippen LogP contribution in [-0.2, 0) is 11.3 Å². The van der Waals surface area contributed by atoms with Gasteiger partial charge in [-0.05, 0) is 50.4 Å². The smallest absolute Gasteiger partial charge is 0.0715 e. The second kappa shape index (κ2) is 7.54. The minimum absolute atomic E-state index is 0.00211. The molecule has 2 unspecified atom stereocenters. The lowest BCUT2D eigenvalue weighted by atomic mass is 9.86. The number of likely N-dealkylation sites (N-methyl/N-ethyl adjacent to an activating group) is 2. The first-order chi connectivity index (χ1) is 9.42. The minimum atomic E-state index is 0.00211. The van der Waals surface area contributed by atoms with Crippen LogP contribution in [0.1, 0.15) is 32.0 Å². The van der Waals surface area contributed by atoms with Gasteiger partial charge in [-0.15, -0.1) is 0 Å². The Hall–Kier alpha value is -0.430. The van der Waals surface area contributed by atoms with Gasteiger partial charge >= 0.3 is 0 Å². The third kappa shape index (κ3) is 3.42. The van der Waals surface area contributed by atoms with E-state index in [0.717, 1.165) is 17.4 Å². The number of nitrogens with zero attached hydrogens (tertiary/aromatic N) is 3. The van der Waals surface area contributed by atoms with Crippen LogP contribution in [0.3, 0.4) is 0 Å². The zero-order valence-electron chi connectivity index (χ0n) is 13.4. The van der Waals surface area contributed by atoms with Crippen molar-refractivity contribution in [2.45, 2.75) is 38.4 Å². The Bertz CT molecular complexity index is 421. The van der Waals surface area contributed by atoms with Gasteiger partial charge in [-0.2, -0.15) is 5.10 Å². The van der Waals surface area contributed by atoms with Crippen LogP contribution in [0.25, 0.3) is 0 Å². The number of aromatic nitrogens is 2. The number of ether oxygens (including phenoxy) is 1. The molecule has 20 heavy (non-hydrogen) atoms. The topological polar surface area (TPSA) is 42.3 Å². The maximum absolute atomic E-state index is 5.18. The largest absolute Gasteiger partial charge is 0.383 e. The van der Waals surface area contributed by atoms with E-state index in [4.69, 9.17) is 4.74 Å². The van der Waals surface area contributed by atoms with E-state index in [1.54, 1.807) is 7.11 Å². The zero-order chi connectivity index (χ0) is 15.3. The number of rotatable bonds is 8. The third-order valence-electron chi connectivity index (χ3n) is 4.26. The predicted molar refractivity (Wildman–Crippen MR) is 86.0 cm³/mol. The fraction of sp³-hybridized carbons (Fsp3) is 0.786. The molecule has 0 aliphatic rings. The van der Waals surface area contributed by atoms with Crippen molar-refractivity contribution >= 4 is 15.9 Å². The van der Waals surface area contributed by atoms with E-state index in [1.165, 1.54) is 5.69 Å². The number of hydrogen-bond acceptors (Lipinski definition) is 4. The SMILES string of the molecule is CCC(C)(C(NC)c1c(Br)cnn1CCOC)N(C)C. The lowest BCUT2D eigenvalue weighted by Crippen LogP contribution is -2.51. The molecule has 6 heteroatoms. The summed E-state index contributed by atoms with van der Waals surface area (Å²) in [4.78, 5) is 2.27. The molecule has 1 aromatic rings. The molecule has 0 radical (unpaired) electrons. The van der Waals surface area contributed by atoms with E-state index in [-0.39, 0.29) is 11.6 Å². The van der Waals surface area contributed by atoms with Crippen LogP contribution < -0.4 is 5.32 Å². The van der Waals surface area contributed by atoms with Crippen molar-refractivity contribution in [2.24, 2.45) is 0 Å². The van der Waals surface area contributed by atoms with E-state index >= 15 is 0 Å². The monoisotopic (exact) mass is 346 g/mol. The number of methoxy groups -OCH3 is 1. The van der Waals surface area contributed by atoms with Crippen molar-refractivity contribution in [3.63, 3.8) is 0 Å². The molecular weight excluding hydrogens is 320 g/mol. The fourth-order valence-electron chi connectivity index (χ4n) is 2.54. The van der Waals surface area contributed by atoms with Crippen LogP contribution in [0, 0.1) is 0 Å². The average Bonchev–Trinajstić information content (AvgIpc) is 2.78. The molecule has 1 aromatic heterocycles. The maximum atomic E-state index is 5.18. The summed E-state index contributed by atoms with van der Waals surface area (Å²) >= 11 is 3.64. The Morgan fingerprint density at radius 1 is 1.55 bits per heavy atom. The lowest BCUT2D eigenvalue weighted by molar-refractivity contribution is 0.110. The van der Waals surface area contributed by atoms with Gasteiger partial charge in [0, 0.05) is 12.6 Å². The van der Waals surface area contributed by atoms with E-state index < -0.39 is 0 Å². The van der Waals surface area contributed by atoms with Crippen molar-refractivity contribution in [2.75, 3.05) is 34.9 Å². The summed E-state index contributed by atoms with van der Waals surface area (Å²) in [5.74, 6) is 0. The summed E-state index contributed by atoms with van der Waals surface area (Å²) in [6.45, 7) is 5.90. The van der Waals surface area contributed by atoms with Crippen LogP contribution in [0.5, 0.6) is 0 Å². The highest BCUT2D eigenvalue weighted by Crippen LogP contribution is 2.35. The highest BCUT2D eigenvalue weighted by atomic mass is 79.9. The molecule has 0 spiro atoms. The molecule has 0 amide bonds. The summed E-state index contributed by atoms with van der Waals surface area (Å²) in [6.07, 6.45) is 2.90. The quantitative estimate of drug-likeness (QED) is 0.784. The standard InChI is InChI=1S/C14H27BrN4O/c1-7-14(2,18(4)5)13(16-3)12-11(15)10-17-19(12)8-9-20-6/h10,13,16H,7-9H2,1-6H3. The van der Waals surface area contributed by atoms with E-state index in [0.29, 0.717) is 6.61 Å². The van der Waals surface area contributed by atoms with Crippen molar-refractivity contribution in [3.8, 4) is 0 Å². The highest BCUT2D eigenvalue weighted by Gasteiger charge is 2.37. The van der Waals surface area contributed by atoms with Crippen LogP contribution in [0.2, 0.25) is 0 Å². The summed E-state index contributed by atoms with van der Waals surface area (Å²) in [5.41, 5.74) is 1.17. The van der Waals surface area contributed by atoms with E-state index in [1.807, 2.05) is 17.9 Å². The molecule has 0 aliphatic heterocycles. The van der Waals surface area contributed by atoms with Gasteiger partial charge in [0.25, 0.3) is 0 Å². The number of nitrogens with one attached hydrogen (secondary N) is 1. The Morgan fingerprint density at radius 3 is 2.65 bits per heavy atom. The first kappa shape index (κ1) is 17.6. The summed E-state index contributed by atoms with van der Waals surface area (Å²) in [7, 11) is 7.96. The van der Waals surface area contributed by atoms with Gasteiger partial charge in [-0.1, -0.05) is 6.92 Å². The zero-order valence-corrected chi connectivity index (χ0v) is 15.0. The van der Waals surface area contributed by atoms with Crippen LogP contribution >= 0.6 is 15.9 Å². The first-order valence-electron chi connectivity index (χ1n) is 6.97. The van der Waals surface area contributed by atoms with Gasteiger partial charge in [-0.25, -0.2) is 0 Å². The number of halogens is 1. The summed E-state index contributed by atoms with van der Waals surface area (Å²) in [5, 5.41) is 7.92. The summed E-state index contributed by atoms with van der Waals surface area (Å²) < 4.78 is 8.23. The molecule has 0 aromatic carbocycles. The first-order valence-corrected chi connectivity index (χ1v) is 7.76. The van der Waals surface area contributed by atoms with Crippen molar-refractivity contribution in [1.29, 1.82) is 0 Å². The average molecular weight is 347 g/mol. The molecular formula is C14H27BrN4O. The van der Waals surface area contributed by atoms with Crippen molar-refractivity contribution in [3.05, 3.63) is 16.4 Å². The molecule has 5 nitrogen and oxygen atoms in total. The molecule has 1 heterocycles. The van der Waals surface area contributed by atoms with Crippen molar-refractivity contribution in [1.82, 2.24) is 20.0 Å². The second-order valence-electron chi connectivity index (χ2n) is 5.42. The maximum Gasteiger partial charge on any atom is 0.0715 e. The number of hydrogen-bond donors (Lipinski definition) is 1. The van der Waals surface area contributed by atoms with Gasteiger partial charge in [0.15, 0.2) is 0 Å². The molecule has 2 atom stereocenters. The molecule has 1 rings (SSSR count). The molecule has 0 bridgehead atoms. The Balaban J connectivity index is 3.20. The van der Waals surface area contributed by atoms with Gasteiger partial charge in [0.2, 0.25) is 0 Å². The van der Waals surface area contributed by atoms with Crippen LogP contribution in [0.4, 0.5) is 0 Å². The normalized spacial score (nSPS) is 16.4. The van der Waals surface area contributed by atoms with Gasteiger partial charge in [0.05, 0.1) is 35.6 Å². The van der Waals surface area contributed by atoms with Gasteiger partial charge in [0.1, 0.15) is 0 Å². The third-order valence-corrected chi connectivity index (χ3v) is 4.87. The van der Waals surface area contributed by atoms with Gasteiger partial charge in [-0.3, -0.25) is 4.68 Å². The molecule has 0 aliphatic carbocycles. The predicted octanol–water partition coefficient (Wildman–Crippen LogP) is 2.28. The fourth-order valence-corrected chi connectivity index (χ4v) is 3.06. The molecule has 0 fully saturated rings. The Labute approximate surface area is 130 Å². The lowest BCUT2D eigenvalue weighted by Gasteiger charge is -2.42. The molecule has 0 saturated heterocycles. The van der Waals surface area contributed by atoms with Crippen LogP contribution in [0.15, 0.2) is 10.7 Å². The van der Waals surface area contributed by atoms with Crippen LogP contribution in [-0.4, -0.2) is 55.1 Å². The molecule has 1 N–H and O–H groups in total. The minimum Gasteiger partial charge on any atom is -0.383 e. The molecule has 116 valence electrons. The van der Waals surface area contributed by atoms with E-state index in [9.17, 15) is 0 Å². The highest BCUT2D eigenvalue weighted by molar-refractivity contribution is 9.10. The molecule has 0 saturated carbocycles. The summed E-state index contributed by atoms with van der Waals surface area (Å²) in [6, 6.07) is 0.177. The Kier molecular flexibility index (Phi) is 6.64.